The predicted molar refractivity (Wildman–Crippen MR) is 107 cm³/mol. The maximum absolute atomic E-state index is 13.6. The molecule has 3 aromatic rings. The van der Waals surface area contributed by atoms with Crippen molar-refractivity contribution in [1.29, 1.82) is 0 Å². The number of hydrogen-bond donors (Lipinski definition) is 1. The van der Waals surface area contributed by atoms with E-state index >= 15 is 0 Å². The molecule has 176 valence electrons. The van der Waals surface area contributed by atoms with Crippen molar-refractivity contribution in [3.8, 4) is 11.6 Å². The molecule has 0 saturated carbocycles. The fourth-order valence-corrected chi connectivity index (χ4v) is 3.50. The Morgan fingerprint density at radius 3 is 2.12 bits per heavy atom. The molecule has 0 aliphatic rings. The molecule has 0 bridgehead atoms. The number of nitrogens with zero attached hydrogens (tertiary/aromatic N) is 2. The third-order valence-corrected chi connectivity index (χ3v) is 5.76. The lowest BCUT2D eigenvalue weighted by molar-refractivity contribution is -0.140. The van der Waals surface area contributed by atoms with Gasteiger partial charge in [-0.05, 0) is 49.7 Å². The zero-order valence-electron chi connectivity index (χ0n) is 16.9. The highest BCUT2D eigenvalue weighted by molar-refractivity contribution is 7.70. The van der Waals surface area contributed by atoms with Crippen LogP contribution in [-0.2, 0) is 16.9 Å². The molecule has 0 fully saturated rings. The van der Waals surface area contributed by atoms with Gasteiger partial charge in [-0.25, -0.2) is 9.37 Å². The van der Waals surface area contributed by atoms with E-state index in [0.717, 1.165) is 0 Å². The third-order valence-electron chi connectivity index (χ3n) is 4.22. The molecule has 3 rings (SSSR count). The van der Waals surface area contributed by atoms with Crippen LogP contribution in [0.1, 0.15) is 11.1 Å². The van der Waals surface area contributed by atoms with Crippen LogP contribution in [0.25, 0.3) is 0 Å². The van der Waals surface area contributed by atoms with Crippen LogP contribution < -0.4 is 15.4 Å². The van der Waals surface area contributed by atoms with Gasteiger partial charge in [0.2, 0.25) is 11.8 Å². The molecule has 33 heavy (non-hydrogen) atoms. The highest BCUT2D eigenvalue weighted by Crippen LogP contribution is 2.39. The Hall–Kier alpha value is -3.14. The molecule has 13 heteroatoms. The van der Waals surface area contributed by atoms with Crippen molar-refractivity contribution in [2.45, 2.75) is 12.4 Å². The molecular weight excluding hydrogens is 478 g/mol. The molecule has 0 aliphatic carbocycles. The van der Waals surface area contributed by atoms with E-state index in [0.29, 0.717) is 29.3 Å². The van der Waals surface area contributed by atoms with Crippen molar-refractivity contribution in [3.63, 3.8) is 0 Å². The van der Waals surface area contributed by atoms with Crippen LogP contribution >= 0.6 is 7.14 Å². The summed E-state index contributed by atoms with van der Waals surface area (Å²) in [6.45, 7) is 3.13. The third kappa shape index (κ3) is 6.22. The first-order valence-electron chi connectivity index (χ1n) is 9.05. The molecule has 1 aromatic heterocycles. The molecule has 5 nitrogen and oxygen atoms in total. The van der Waals surface area contributed by atoms with Crippen molar-refractivity contribution < 1.29 is 40.0 Å². The van der Waals surface area contributed by atoms with Crippen LogP contribution in [0.2, 0.25) is 0 Å². The molecular formula is C20H15F7N3O2P. The molecule has 2 aromatic carbocycles. The van der Waals surface area contributed by atoms with Gasteiger partial charge in [0, 0.05) is 23.3 Å². The largest absolute Gasteiger partial charge is 0.438 e. The number of anilines is 2. The first-order valence-corrected chi connectivity index (χ1v) is 11.7. The average molecular weight is 493 g/mol. The lowest BCUT2D eigenvalue weighted by Gasteiger charge is -2.15. The summed E-state index contributed by atoms with van der Waals surface area (Å²) in [6, 6.07) is 7.13. The number of halogens is 7. The molecule has 0 saturated heterocycles. The standard InChI is InChI=1S/C20H15F7N3O2P/c1-33(2,31)15-5-3-13(4-6-15)29-18-28-10-16(20(25,26)27)17(30-18)32-14-8-11(19(22,23)24)7-12(21)9-14/h3-10H,1-2H3,(H,28,29,30). The maximum Gasteiger partial charge on any atom is 0.423 e. The van der Waals surface area contributed by atoms with E-state index in [-0.39, 0.29) is 12.0 Å². The number of nitrogens with one attached hydrogen (secondary N) is 1. The Balaban J connectivity index is 1.96. The highest BCUT2D eigenvalue weighted by Gasteiger charge is 2.37. The minimum atomic E-state index is -5.00. The zero-order chi connectivity index (χ0) is 24.6. The van der Waals surface area contributed by atoms with Crippen molar-refractivity contribution in [2.24, 2.45) is 0 Å². The van der Waals surface area contributed by atoms with E-state index in [9.17, 15) is 35.3 Å². The van der Waals surface area contributed by atoms with Gasteiger partial charge in [0.05, 0.1) is 5.56 Å². The molecule has 0 spiro atoms. The van der Waals surface area contributed by atoms with Gasteiger partial charge in [-0.3, -0.25) is 0 Å². The Kier molecular flexibility index (Phi) is 6.43. The van der Waals surface area contributed by atoms with Crippen LogP contribution in [0.15, 0.2) is 48.7 Å². The van der Waals surface area contributed by atoms with Gasteiger partial charge in [0.25, 0.3) is 0 Å². The molecule has 1 heterocycles. The summed E-state index contributed by atoms with van der Waals surface area (Å²) in [4.78, 5) is 7.16. The minimum absolute atomic E-state index is 0.180. The first-order chi connectivity index (χ1) is 15.1. The van der Waals surface area contributed by atoms with Gasteiger partial charge in [-0.1, -0.05) is 0 Å². The monoisotopic (exact) mass is 493 g/mol. The lowest BCUT2D eigenvalue weighted by Crippen LogP contribution is -2.11. The number of ether oxygens (including phenoxy) is 1. The number of aromatic nitrogens is 2. The average Bonchev–Trinajstić information content (AvgIpc) is 2.66. The summed E-state index contributed by atoms with van der Waals surface area (Å²) >= 11 is 0. The van der Waals surface area contributed by atoms with E-state index in [1.165, 1.54) is 12.1 Å². The second kappa shape index (κ2) is 8.66. The van der Waals surface area contributed by atoms with Crippen LogP contribution in [0.5, 0.6) is 11.6 Å². The van der Waals surface area contributed by atoms with E-state index in [4.69, 9.17) is 4.74 Å². The molecule has 0 amide bonds. The highest BCUT2D eigenvalue weighted by atomic mass is 31.2. The second-order valence-electron chi connectivity index (χ2n) is 7.21. The molecule has 0 atom stereocenters. The summed E-state index contributed by atoms with van der Waals surface area (Å²) in [5, 5.41) is 3.19. The van der Waals surface area contributed by atoms with Crippen molar-refractivity contribution in [2.75, 3.05) is 18.6 Å². The fourth-order valence-electron chi connectivity index (χ4n) is 2.63. The summed E-state index contributed by atoms with van der Waals surface area (Å²) in [5.74, 6) is -3.68. The summed E-state index contributed by atoms with van der Waals surface area (Å²) in [7, 11) is -2.53. The first kappa shape index (κ1) is 24.5. The fraction of sp³-hybridized carbons (Fsp3) is 0.200. The maximum atomic E-state index is 13.6. The van der Waals surface area contributed by atoms with Crippen LogP contribution in [0, 0.1) is 5.82 Å². The Morgan fingerprint density at radius 2 is 1.58 bits per heavy atom. The quantitative estimate of drug-likeness (QED) is 0.328. The van der Waals surface area contributed by atoms with Crippen LogP contribution in [-0.4, -0.2) is 23.3 Å². The Labute approximate surface area is 183 Å². The molecule has 0 aliphatic heterocycles. The van der Waals surface area contributed by atoms with Gasteiger partial charge in [0.15, 0.2) is 0 Å². The molecule has 0 radical (unpaired) electrons. The van der Waals surface area contributed by atoms with Gasteiger partial charge in [0.1, 0.15) is 24.3 Å². The van der Waals surface area contributed by atoms with Gasteiger partial charge < -0.3 is 14.6 Å². The number of alkyl halides is 6. The van der Waals surface area contributed by atoms with Crippen molar-refractivity contribution in [3.05, 3.63) is 65.6 Å². The topological polar surface area (TPSA) is 64.1 Å². The Bertz CT molecular complexity index is 1210. The zero-order valence-corrected chi connectivity index (χ0v) is 17.8. The SMILES string of the molecule is CP(C)(=O)c1ccc(Nc2ncc(C(F)(F)F)c(Oc3cc(F)cc(C(F)(F)F)c3)n2)cc1. The summed E-state index contributed by atoms with van der Waals surface area (Å²) in [6.07, 6.45) is -9.56. The van der Waals surface area contributed by atoms with Crippen molar-refractivity contribution >= 4 is 24.1 Å². The minimum Gasteiger partial charge on any atom is -0.438 e. The van der Waals surface area contributed by atoms with E-state index < -0.39 is 48.1 Å². The number of rotatable bonds is 5. The molecule has 0 unspecified atom stereocenters. The van der Waals surface area contributed by atoms with Gasteiger partial charge in [-0.2, -0.15) is 31.3 Å². The Morgan fingerprint density at radius 1 is 0.939 bits per heavy atom. The van der Waals surface area contributed by atoms with E-state index in [1.54, 1.807) is 25.5 Å². The second-order valence-corrected chi connectivity index (χ2v) is 10.4. The van der Waals surface area contributed by atoms with E-state index in [2.05, 4.69) is 15.3 Å². The number of benzene rings is 2. The van der Waals surface area contributed by atoms with Gasteiger partial charge >= 0.3 is 12.4 Å². The normalized spacial score (nSPS) is 12.5. The summed E-state index contributed by atoms with van der Waals surface area (Å²) < 4.78 is 109. The number of hydrogen-bond acceptors (Lipinski definition) is 5. The predicted octanol–water partition coefficient (Wildman–Crippen LogP) is 6.44. The summed E-state index contributed by atoms with van der Waals surface area (Å²) in [5.41, 5.74) is -2.58. The van der Waals surface area contributed by atoms with E-state index in [1.807, 2.05) is 0 Å². The van der Waals surface area contributed by atoms with Crippen molar-refractivity contribution in [1.82, 2.24) is 9.97 Å². The molecule has 1 N–H and O–H groups in total. The van der Waals surface area contributed by atoms with Crippen LogP contribution in [0.4, 0.5) is 42.4 Å². The lowest BCUT2D eigenvalue weighted by atomic mass is 10.2. The van der Waals surface area contributed by atoms with Gasteiger partial charge in [-0.15, -0.1) is 0 Å². The smallest absolute Gasteiger partial charge is 0.423 e. The van der Waals surface area contributed by atoms with Crippen LogP contribution in [0.3, 0.4) is 0 Å².